The molecule has 0 saturated heterocycles. The summed E-state index contributed by atoms with van der Waals surface area (Å²) in [4.78, 5) is 4.82. The van der Waals surface area contributed by atoms with Gasteiger partial charge in [-0.2, -0.15) is 0 Å². The number of oxime groups is 1. The molecule has 1 aromatic carbocycles. The van der Waals surface area contributed by atoms with Gasteiger partial charge in [-0.15, -0.1) is 0 Å². The maximum absolute atomic E-state index is 13.8. The minimum atomic E-state index is -0.0417. The molecule has 3 heteroatoms. The summed E-state index contributed by atoms with van der Waals surface area (Å²) in [5.41, 5.74) is 4.15. The predicted molar refractivity (Wildman–Crippen MR) is 60.2 cm³/mol. The van der Waals surface area contributed by atoms with Gasteiger partial charge in [0, 0.05) is 5.56 Å². The second kappa shape index (κ2) is 3.58. The first-order chi connectivity index (χ1) is 7.81. The van der Waals surface area contributed by atoms with Crippen LogP contribution in [-0.4, -0.2) is 12.8 Å². The molecule has 0 spiro atoms. The Hall–Kier alpha value is -1.38. The van der Waals surface area contributed by atoms with E-state index in [0.29, 0.717) is 5.92 Å². The Morgan fingerprint density at radius 3 is 2.81 bits per heavy atom. The van der Waals surface area contributed by atoms with E-state index < -0.39 is 0 Å². The first kappa shape index (κ1) is 9.82. The van der Waals surface area contributed by atoms with Gasteiger partial charge in [0.05, 0.1) is 5.71 Å². The number of fused-ring (bicyclic) bond motifs is 1. The van der Waals surface area contributed by atoms with E-state index in [9.17, 15) is 4.39 Å². The molecule has 0 amide bonds. The van der Waals surface area contributed by atoms with Crippen LogP contribution in [-0.2, 0) is 11.3 Å². The lowest BCUT2D eigenvalue weighted by atomic mass is 9.99. The van der Waals surface area contributed by atoms with Crippen molar-refractivity contribution in [3.63, 3.8) is 0 Å². The van der Waals surface area contributed by atoms with Gasteiger partial charge in [-0.1, -0.05) is 5.16 Å². The highest BCUT2D eigenvalue weighted by Gasteiger charge is 2.33. The van der Waals surface area contributed by atoms with Crippen LogP contribution in [0.1, 0.15) is 41.9 Å². The number of rotatable bonds is 2. The molecule has 0 atom stereocenters. The molecule has 0 bridgehead atoms. The Morgan fingerprint density at radius 1 is 1.31 bits per heavy atom. The second-order valence-corrected chi connectivity index (χ2v) is 4.48. The average molecular weight is 219 g/mol. The van der Waals surface area contributed by atoms with Crippen molar-refractivity contribution < 1.29 is 9.23 Å². The topological polar surface area (TPSA) is 21.6 Å². The van der Waals surface area contributed by atoms with Crippen LogP contribution in [0.15, 0.2) is 17.3 Å². The Labute approximate surface area is 94.1 Å². The zero-order chi connectivity index (χ0) is 11.1. The molecular formula is C13H14FNO. The average Bonchev–Trinajstić information content (AvgIpc) is 3.02. The smallest absolute Gasteiger partial charge is 0.126 e. The predicted octanol–water partition coefficient (Wildman–Crippen LogP) is 3.00. The van der Waals surface area contributed by atoms with Crippen LogP contribution in [0.4, 0.5) is 4.39 Å². The summed E-state index contributed by atoms with van der Waals surface area (Å²) >= 11 is 0. The van der Waals surface area contributed by atoms with Crippen LogP contribution >= 0.6 is 0 Å². The zero-order valence-corrected chi connectivity index (χ0v) is 9.29. The van der Waals surface area contributed by atoms with Crippen molar-refractivity contribution in [2.24, 2.45) is 5.16 Å². The van der Waals surface area contributed by atoms with Crippen molar-refractivity contribution in [3.8, 4) is 0 Å². The highest BCUT2D eigenvalue weighted by Crippen LogP contribution is 2.45. The molecule has 3 rings (SSSR count). The first-order valence-corrected chi connectivity index (χ1v) is 5.73. The zero-order valence-electron chi connectivity index (χ0n) is 9.29. The lowest BCUT2D eigenvalue weighted by molar-refractivity contribution is 0.213. The largest absolute Gasteiger partial charge is 0.399 e. The fourth-order valence-corrected chi connectivity index (χ4v) is 2.57. The van der Waals surface area contributed by atoms with E-state index in [1.165, 1.54) is 5.56 Å². The molecule has 2 aliphatic carbocycles. The van der Waals surface area contributed by atoms with Gasteiger partial charge >= 0.3 is 0 Å². The summed E-state index contributed by atoms with van der Waals surface area (Å²) in [6.07, 6.45) is 4.03. The van der Waals surface area contributed by atoms with Gasteiger partial charge < -0.3 is 4.84 Å². The summed E-state index contributed by atoms with van der Waals surface area (Å²) in [7, 11) is 1.55. The molecule has 0 N–H and O–H groups in total. The quantitative estimate of drug-likeness (QED) is 0.701. The van der Waals surface area contributed by atoms with Crippen molar-refractivity contribution in [3.05, 3.63) is 34.6 Å². The lowest BCUT2D eigenvalue weighted by Crippen LogP contribution is -1.99. The Balaban J connectivity index is 2.12. The molecule has 0 radical (unpaired) electrons. The van der Waals surface area contributed by atoms with E-state index >= 15 is 0 Å². The molecule has 2 nitrogen and oxygen atoms in total. The fourth-order valence-electron chi connectivity index (χ4n) is 2.57. The maximum atomic E-state index is 13.8. The van der Waals surface area contributed by atoms with E-state index in [0.717, 1.165) is 42.5 Å². The lowest BCUT2D eigenvalue weighted by Gasteiger charge is -2.08. The van der Waals surface area contributed by atoms with Crippen LogP contribution in [0.5, 0.6) is 0 Å². The van der Waals surface area contributed by atoms with Crippen LogP contribution in [0, 0.1) is 5.82 Å². The summed E-state index contributed by atoms with van der Waals surface area (Å²) in [5, 5.41) is 4.01. The number of hydrogen-bond donors (Lipinski definition) is 0. The van der Waals surface area contributed by atoms with Crippen LogP contribution in [0.25, 0.3) is 0 Å². The third-order valence-electron chi connectivity index (χ3n) is 3.41. The van der Waals surface area contributed by atoms with Crippen molar-refractivity contribution in [1.82, 2.24) is 0 Å². The van der Waals surface area contributed by atoms with Crippen molar-refractivity contribution >= 4 is 5.71 Å². The van der Waals surface area contributed by atoms with E-state index in [2.05, 4.69) is 5.16 Å². The number of halogens is 1. The van der Waals surface area contributed by atoms with Crippen LogP contribution in [0.3, 0.4) is 0 Å². The minimum absolute atomic E-state index is 0.0417. The fraction of sp³-hybridized carbons (Fsp3) is 0.462. The molecule has 0 heterocycles. The van der Waals surface area contributed by atoms with Crippen LogP contribution < -0.4 is 0 Å². The summed E-state index contributed by atoms with van der Waals surface area (Å²) in [6, 6.07) is 3.41. The summed E-state index contributed by atoms with van der Waals surface area (Å²) < 4.78 is 13.8. The normalized spacial score (nSPS) is 21.2. The molecule has 0 aromatic heterocycles. The van der Waals surface area contributed by atoms with Crippen LogP contribution in [0.2, 0.25) is 0 Å². The molecule has 1 aromatic rings. The number of nitrogens with zero attached hydrogens (tertiary/aromatic N) is 1. The molecule has 1 fully saturated rings. The standard InChI is InChI=1S/C13H14FNO/c1-16-15-12-7-5-10-9(12)4-6-11(14)13(10)8-2-3-8/h4,6,8H,2-3,5,7H2,1H3/b15-12-. The summed E-state index contributed by atoms with van der Waals surface area (Å²) in [5.74, 6) is 0.414. The summed E-state index contributed by atoms with van der Waals surface area (Å²) in [6.45, 7) is 0. The second-order valence-electron chi connectivity index (χ2n) is 4.48. The van der Waals surface area contributed by atoms with Gasteiger partial charge in [-0.25, -0.2) is 4.39 Å². The van der Waals surface area contributed by atoms with Crippen molar-refractivity contribution in [2.75, 3.05) is 7.11 Å². The number of hydrogen-bond acceptors (Lipinski definition) is 2. The van der Waals surface area contributed by atoms with Crippen molar-refractivity contribution in [2.45, 2.75) is 31.6 Å². The minimum Gasteiger partial charge on any atom is -0.399 e. The van der Waals surface area contributed by atoms with Gasteiger partial charge in [0.15, 0.2) is 0 Å². The molecule has 16 heavy (non-hydrogen) atoms. The van der Waals surface area contributed by atoms with Crippen molar-refractivity contribution in [1.29, 1.82) is 0 Å². The highest BCUT2D eigenvalue weighted by atomic mass is 19.1. The molecule has 2 aliphatic rings. The molecule has 0 aliphatic heterocycles. The van der Waals surface area contributed by atoms with Gasteiger partial charge in [-0.05, 0) is 54.9 Å². The molecule has 84 valence electrons. The van der Waals surface area contributed by atoms with Gasteiger partial charge in [0.2, 0.25) is 0 Å². The van der Waals surface area contributed by atoms with E-state index in [-0.39, 0.29) is 5.82 Å². The maximum Gasteiger partial charge on any atom is 0.126 e. The van der Waals surface area contributed by atoms with E-state index in [4.69, 9.17) is 4.84 Å². The third kappa shape index (κ3) is 1.42. The van der Waals surface area contributed by atoms with E-state index in [1.54, 1.807) is 13.2 Å². The first-order valence-electron chi connectivity index (χ1n) is 5.73. The van der Waals surface area contributed by atoms with E-state index in [1.807, 2.05) is 6.07 Å². The Morgan fingerprint density at radius 2 is 2.12 bits per heavy atom. The third-order valence-corrected chi connectivity index (χ3v) is 3.41. The van der Waals surface area contributed by atoms with Gasteiger partial charge in [0.25, 0.3) is 0 Å². The SMILES string of the molecule is CO/N=C1/CCc2c1ccc(F)c2C1CC1. The molecular weight excluding hydrogens is 205 g/mol. The monoisotopic (exact) mass is 219 g/mol. The Kier molecular flexibility index (Phi) is 2.20. The highest BCUT2D eigenvalue weighted by molar-refractivity contribution is 6.04. The van der Waals surface area contributed by atoms with Gasteiger partial charge in [-0.3, -0.25) is 0 Å². The Bertz CT molecular complexity index is 463. The molecule has 0 unspecified atom stereocenters. The molecule has 1 saturated carbocycles. The number of benzene rings is 1. The van der Waals surface area contributed by atoms with Gasteiger partial charge in [0.1, 0.15) is 12.9 Å².